The molecule has 0 aromatic heterocycles. The molecule has 0 amide bonds. The number of halogens is 4. The van der Waals surface area contributed by atoms with Gasteiger partial charge in [-0.05, 0) is 23.3 Å². The zero-order valence-electron chi connectivity index (χ0n) is 8.57. The van der Waals surface area contributed by atoms with E-state index in [1.165, 1.54) is 19.2 Å². The second kappa shape index (κ2) is 4.78. The van der Waals surface area contributed by atoms with E-state index in [2.05, 4.69) is 6.58 Å². The van der Waals surface area contributed by atoms with Gasteiger partial charge in [-0.1, -0.05) is 12.6 Å². The first-order chi connectivity index (χ1) is 7.40. The van der Waals surface area contributed by atoms with E-state index in [-0.39, 0.29) is 22.8 Å². The lowest BCUT2D eigenvalue weighted by atomic mass is 10.0. The summed E-state index contributed by atoms with van der Waals surface area (Å²) in [6.07, 6.45) is -4.45. The van der Waals surface area contributed by atoms with Crippen molar-refractivity contribution in [2.45, 2.75) is 6.18 Å². The summed E-state index contributed by atoms with van der Waals surface area (Å²) in [5, 5.41) is 0. The highest BCUT2D eigenvalue weighted by molar-refractivity contribution is 6.23. The molecule has 1 aromatic rings. The van der Waals surface area contributed by atoms with Crippen LogP contribution in [0.4, 0.5) is 13.2 Å². The van der Waals surface area contributed by atoms with Gasteiger partial charge in [-0.2, -0.15) is 13.2 Å². The SMILES string of the molecule is C=C(CCl)c1ccc(OC)cc1C(F)(F)F. The summed E-state index contributed by atoms with van der Waals surface area (Å²) in [6.45, 7) is 3.50. The Hall–Kier alpha value is -1.16. The molecule has 0 fully saturated rings. The molecule has 0 saturated heterocycles. The molecular weight excluding hydrogens is 241 g/mol. The van der Waals surface area contributed by atoms with Gasteiger partial charge in [0.05, 0.1) is 12.7 Å². The van der Waals surface area contributed by atoms with Crippen molar-refractivity contribution in [3.63, 3.8) is 0 Å². The van der Waals surface area contributed by atoms with E-state index in [0.29, 0.717) is 0 Å². The molecule has 0 heterocycles. The van der Waals surface area contributed by atoms with Gasteiger partial charge in [-0.3, -0.25) is 0 Å². The Morgan fingerprint density at radius 2 is 2.06 bits per heavy atom. The van der Waals surface area contributed by atoms with Crippen LogP contribution < -0.4 is 4.74 Å². The molecule has 0 radical (unpaired) electrons. The summed E-state index contributed by atoms with van der Waals surface area (Å²) in [6, 6.07) is 3.70. The van der Waals surface area contributed by atoms with Crippen LogP contribution in [0.5, 0.6) is 5.75 Å². The average molecular weight is 251 g/mol. The Kier molecular flexibility index (Phi) is 3.86. The lowest BCUT2D eigenvalue weighted by Crippen LogP contribution is -2.09. The number of methoxy groups -OCH3 is 1. The Balaban J connectivity index is 3.33. The molecule has 0 spiro atoms. The van der Waals surface area contributed by atoms with E-state index in [1.807, 2.05) is 0 Å². The first kappa shape index (κ1) is 12.9. The van der Waals surface area contributed by atoms with Crippen molar-refractivity contribution < 1.29 is 17.9 Å². The van der Waals surface area contributed by atoms with E-state index in [1.54, 1.807) is 0 Å². The topological polar surface area (TPSA) is 9.23 Å². The smallest absolute Gasteiger partial charge is 0.417 e. The zero-order chi connectivity index (χ0) is 12.3. The molecule has 88 valence electrons. The summed E-state index contributed by atoms with van der Waals surface area (Å²) < 4.78 is 42.9. The predicted octanol–water partition coefficient (Wildman–Crippen LogP) is 3.97. The number of hydrogen-bond acceptors (Lipinski definition) is 1. The van der Waals surface area contributed by atoms with Crippen LogP contribution in [-0.2, 0) is 6.18 Å². The standard InChI is InChI=1S/C11H10ClF3O/c1-7(6-12)9-4-3-8(16-2)5-10(9)11(13,14)15/h3-5H,1,6H2,2H3. The fraction of sp³-hybridized carbons (Fsp3) is 0.273. The van der Waals surface area contributed by atoms with E-state index in [4.69, 9.17) is 16.3 Å². The van der Waals surface area contributed by atoms with Crippen molar-refractivity contribution >= 4 is 17.2 Å². The largest absolute Gasteiger partial charge is 0.497 e. The van der Waals surface area contributed by atoms with Crippen LogP contribution in [0.25, 0.3) is 5.57 Å². The number of rotatable bonds is 3. The van der Waals surface area contributed by atoms with Crippen molar-refractivity contribution in [1.29, 1.82) is 0 Å². The lowest BCUT2D eigenvalue weighted by molar-refractivity contribution is -0.137. The Bertz CT molecular complexity index is 399. The van der Waals surface area contributed by atoms with Crippen molar-refractivity contribution in [2.75, 3.05) is 13.0 Å². The molecular formula is C11H10ClF3O. The van der Waals surface area contributed by atoms with Gasteiger partial charge < -0.3 is 4.74 Å². The van der Waals surface area contributed by atoms with Gasteiger partial charge in [0.2, 0.25) is 0 Å². The number of alkyl halides is 4. The molecule has 0 atom stereocenters. The van der Waals surface area contributed by atoms with Crippen molar-refractivity contribution in [1.82, 2.24) is 0 Å². The normalized spacial score (nSPS) is 11.3. The second-order valence-electron chi connectivity index (χ2n) is 3.15. The monoisotopic (exact) mass is 250 g/mol. The molecule has 5 heteroatoms. The maximum Gasteiger partial charge on any atom is 0.417 e. The second-order valence-corrected chi connectivity index (χ2v) is 3.41. The molecule has 1 rings (SSSR count). The summed E-state index contributed by atoms with van der Waals surface area (Å²) in [5.41, 5.74) is -0.544. The van der Waals surface area contributed by atoms with Crippen LogP contribution in [-0.4, -0.2) is 13.0 Å². The van der Waals surface area contributed by atoms with Crippen molar-refractivity contribution in [2.24, 2.45) is 0 Å². The van der Waals surface area contributed by atoms with Crippen molar-refractivity contribution in [3.8, 4) is 5.75 Å². The van der Waals surface area contributed by atoms with E-state index in [9.17, 15) is 13.2 Å². The zero-order valence-corrected chi connectivity index (χ0v) is 9.32. The Morgan fingerprint density at radius 3 is 2.50 bits per heavy atom. The highest BCUT2D eigenvalue weighted by Crippen LogP contribution is 2.36. The summed E-state index contributed by atoms with van der Waals surface area (Å²) >= 11 is 5.48. The highest BCUT2D eigenvalue weighted by atomic mass is 35.5. The summed E-state index contributed by atoms with van der Waals surface area (Å²) in [5.74, 6) is 0.105. The van der Waals surface area contributed by atoms with E-state index in [0.717, 1.165) is 6.07 Å². The van der Waals surface area contributed by atoms with Crippen LogP contribution in [0, 0.1) is 0 Å². The van der Waals surface area contributed by atoms with Gasteiger partial charge in [0.15, 0.2) is 0 Å². The average Bonchev–Trinajstić information content (AvgIpc) is 2.26. The van der Waals surface area contributed by atoms with Gasteiger partial charge >= 0.3 is 6.18 Å². The molecule has 1 aromatic carbocycles. The van der Waals surface area contributed by atoms with Gasteiger partial charge in [0.25, 0.3) is 0 Å². The minimum Gasteiger partial charge on any atom is -0.497 e. The number of ether oxygens (including phenoxy) is 1. The molecule has 0 bridgehead atoms. The van der Waals surface area contributed by atoms with E-state index < -0.39 is 11.7 Å². The van der Waals surface area contributed by atoms with Gasteiger partial charge in [-0.25, -0.2) is 0 Å². The third-order valence-corrected chi connectivity index (χ3v) is 2.40. The van der Waals surface area contributed by atoms with Crippen LogP contribution >= 0.6 is 11.6 Å². The van der Waals surface area contributed by atoms with Gasteiger partial charge in [-0.15, -0.1) is 11.6 Å². The molecule has 0 aliphatic carbocycles. The van der Waals surface area contributed by atoms with Gasteiger partial charge in [0, 0.05) is 5.88 Å². The fourth-order valence-electron chi connectivity index (χ4n) is 1.27. The molecule has 0 aliphatic rings. The quantitative estimate of drug-likeness (QED) is 0.738. The lowest BCUT2D eigenvalue weighted by Gasteiger charge is -2.14. The highest BCUT2D eigenvalue weighted by Gasteiger charge is 2.34. The fourth-order valence-corrected chi connectivity index (χ4v) is 1.41. The maximum atomic E-state index is 12.7. The Morgan fingerprint density at radius 1 is 1.44 bits per heavy atom. The van der Waals surface area contributed by atoms with Crippen LogP contribution in [0.3, 0.4) is 0 Å². The molecule has 1 nitrogen and oxygen atoms in total. The summed E-state index contributed by atoms with van der Waals surface area (Å²) in [7, 11) is 1.31. The number of hydrogen-bond donors (Lipinski definition) is 0. The van der Waals surface area contributed by atoms with Crippen LogP contribution in [0.1, 0.15) is 11.1 Å². The Labute approximate surface area is 96.5 Å². The molecule has 16 heavy (non-hydrogen) atoms. The first-order valence-corrected chi connectivity index (χ1v) is 4.93. The van der Waals surface area contributed by atoms with E-state index >= 15 is 0 Å². The van der Waals surface area contributed by atoms with Crippen LogP contribution in [0.2, 0.25) is 0 Å². The number of benzene rings is 1. The molecule has 0 N–H and O–H groups in total. The van der Waals surface area contributed by atoms with Crippen LogP contribution in [0.15, 0.2) is 24.8 Å². The van der Waals surface area contributed by atoms with Crippen molar-refractivity contribution in [3.05, 3.63) is 35.9 Å². The first-order valence-electron chi connectivity index (χ1n) is 4.39. The minimum absolute atomic E-state index is 0.00306. The minimum atomic E-state index is -4.45. The maximum absolute atomic E-state index is 12.7. The third kappa shape index (κ3) is 2.70. The van der Waals surface area contributed by atoms with Gasteiger partial charge in [0.1, 0.15) is 5.75 Å². The summed E-state index contributed by atoms with van der Waals surface area (Å²) in [4.78, 5) is 0. The third-order valence-electron chi connectivity index (χ3n) is 2.07. The predicted molar refractivity (Wildman–Crippen MR) is 57.8 cm³/mol. The number of allylic oxidation sites excluding steroid dienone is 1. The molecule has 0 aliphatic heterocycles. The molecule has 0 saturated carbocycles. The molecule has 0 unspecified atom stereocenters.